The molecule has 0 aromatic carbocycles. The summed E-state index contributed by atoms with van der Waals surface area (Å²) in [5, 5.41) is 7.29. The van der Waals surface area contributed by atoms with Gasteiger partial charge in [0.05, 0.1) is 18.5 Å². The Morgan fingerprint density at radius 2 is 2.35 bits per heavy atom. The van der Waals surface area contributed by atoms with Crippen molar-refractivity contribution < 1.29 is 4.74 Å². The van der Waals surface area contributed by atoms with E-state index in [1.54, 1.807) is 13.3 Å². The lowest BCUT2D eigenvalue weighted by atomic mass is 10.3. The number of ether oxygens (including phenoxy) is 1. The maximum Gasteiger partial charge on any atom is 0.283 e. The van der Waals surface area contributed by atoms with Crippen LogP contribution in [0.15, 0.2) is 15.5 Å². The van der Waals surface area contributed by atoms with Crippen LogP contribution in [0.2, 0.25) is 0 Å². The number of aromatic nitrogens is 2. The van der Waals surface area contributed by atoms with Crippen LogP contribution in [-0.4, -0.2) is 29.5 Å². The van der Waals surface area contributed by atoms with Crippen molar-refractivity contribution >= 4 is 21.6 Å². The Balaban J connectivity index is 2.89. The molecule has 0 aliphatic carbocycles. The number of hydrogen-bond donors (Lipinski definition) is 1. The second kappa shape index (κ2) is 6.76. The second-order valence-electron chi connectivity index (χ2n) is 3.90. The lowest BCUT2D eigenvalue weighted by molar-refractivity contribution is 0.190. The number of nitrogens with zero attached hydrogens (tertiary/aromatic N) is 2. The van der Waals surface area contributed by atoms with Gasteiger partial charge in [0.15, 0.2) is 0 Å². The fraction of sp³-hybridized carbons (Fsp3) is 0.636. The molecule has 0 fully saturated rings. The van der Waals surface area contributed by atoms with Gasteiger partial charge in [0, 0.05) is 19.7 Å². The van der Waals surface area contributed by atoms with E-state index in [1.165, 1.54) is 4.68 Å². The van der Waals surface area contributed by atoms with Gasteiger partial charge < -0.3 is 10.1 Å². The molecule has 0 aliphatic heterocycles. The molecule has 6 heteroatoms. The Morgan fingerprint density at radius 1 is 1.65 bits per heavy atom. The zero-order valence-corrected chi connectivity index (χ0v) is 12.0. The van der Waals surface area contributed by atoms with Gasteiger partial charge in [-0.25, -0.2) is 4.68 Å². The number of anilines is 1. The van der Waals surface area contributed by atoms with Gasteiger partial charge in [0.25, 0.3) is 5.56 Å². The summed E-state index contributed by atoms with van der Waals surface area (Å²) in [5.74, 6) is 0. The Labute approximate surface area is 109 Å². The van der Waals surface area contributed by atoms with E-state index in [0.717, 1.165) is 6.42 Å². The molecule has 1 N–H and O–H groups in total. The number of nitrogens with one attached hydrogen (secondary N) is 1. The molecule has 1 heterocycles. The van der Waals surface area contributed by atoms with E-state index >= 15 is 0 Å². The molecule has 1 rings (SSSR count). The van der Waals surface area contributed by atoms with Crippen LogP contribution in [0.4, 0.5) is 5.69 Å². The molecule has 0 saturated carbocycles. The van der Waals surface area contributed by atoms with Crippen molar-refractivity contribution in [2.24, 2.45) is 0 Å². The van der Waals surface area contributed by atoms with Crippen molar-refractivity contribution in [2.75, 3.05) is 19.0 Å². The zero-order chi connectivity index (χ0) is 12.8. The SMILES string of the molecule is CCCn1ncc(NC(C)COC)c(Br)c1=O. The molecule has 96 valence electrons. The Hall–Kier alpha value is -0.880. The van der Waals surface area contributed by atoms with E-state index in [9.17, 15) is 4.79 Å². The Bertz CT molecular complexity index is 420. The molecule has 1 unspecified atom stereocenters. The van der Waals surface area contributed by atoms with Crippen LogP contribution in [0.3, 0.4) is 0 Å². The van der Waals surface area contributed by atoms with Gasteiger partial charge in [-0.1, -0.05) is 6.92 Å². The van der Waals surface area contributed by atoms with Crippen LogP contribution in [0, 0.1) is 0 Å². The molecule has 0 aliphatic rings. The molecule has 0 spiro atoms. The molecule has 0 amide bonds. The van der Waals surface area contributed by atoms with Crippen LogP contribution in [0.5, 0.6) is 0 Å². The largest absolute Gasteiger partial charge is 0.383 e. The van der Waals surface area contributed by atoms with Gasteiger partial charge in [-0.3, -0.25) is 4.79 Å². The Kier molecular flexibility index (Phi) is 5.64. The summed E-state index contributed by atoms with van der Waals surface area (Å²) in [4.78, 5) is 11.9. The lowest BCUT2D eigenvalue weighted by Crippen LogP contribution is -2.27. The number of halogens is 1. The lowest BCUT2D eigenvalue weighted by Gasteiger charge is -2.15. The van der Waals surface area contributed by atoms with Crippen molar-refractivity contribution in [3.05, 3.63) is 21.0 Å². The molecule has 5 nitrogen and oxygen atoms in total. The van der Waals surface area contributed by atoms with Gasteiger partial charge >= 0.3 is 0 Å². The molecule has 0 bridgehead atoms. The third-order valence-corrected chi connectivity index (χ3v) is 3.01. The summed E-state index contributed by atoms with van der Waals surface area (Å²) in [7, 11) is 1.64. The minimum absolute atomic E-state index is 0.110. The highest BCUT2D eigenvalue weighted by molar-refractivity contribution is 9.10. The highest BCUT2D eigenvalue weighted by Crippen LogP contribution is 2.17. The summed E-state index contributed by atoms with van der Waals surface area (Å²) in [5.41, 5.74) is 0.591. The van der Waals surface area contributed by atoms with Gasteiger partial charge in [-0.2, -0.15) is 5.10 Å². The smallest absolute Gasteiger partial charge is 0.283 e. The summed E-state index contributed by atoms with van der Waals surface area (Å²) in [6, 6.07) is 0.125. The number of aryl methyl sites for hydroxylation is 1. The van der Waals surface area contributed by atoms with Crippen LogP contribution in [0.1, 0.15) is 20.3 Å². The van der Waals surface area contributed by atoms with Crippen molar-refractivity contribution in [2.45, 2.75) is 32.9 Å². The minimum atomic E-state index is -0.110. The summed E-state index contributed by atoms with van der Waals surface area (Å²) in [6.45, 7) is 5.19. The first-order valence-electron chi connectivity index (χ1n) is 5.61. The Morgan fingerprint density at radius 3 is 2.94 bits per heavy atom. The van der Waals surface area contributed by atoms with Gasteiger partial charge in [-0.05, 0) is 29.3 Å². The van der Waals surface area contributed by atoms with Gasteiger partial charge in [0.1, 0.15) is 4.47 Å². The van der Waals surface area contributed by atoms with Crippen LogP contribution >= 0.6 is 15.9 Å². The number of methoxy groups -OCH3 is 1. The average molecular weight is 304 g/mol. The highest BCUT2D eigenvalue weighted by atomic mass is 79.9. The van der Waals surface area contributed by atoms with E-state index < -0.39 is 0 Å². The molecule has 1 atom stereocenters. The van der Waals surface area contributed by atoms with Gasteiger partial charge in [-0.15, -0.1) is 0 Å². The normalized spacial score (nSPS) is 12.5. The van der Waals surface area contributed by atoms with E-state index in [-0.39, 0.29) is 11.6 Å². The quantitative estimate of drug-likeness (QED) is 0.871. The zero-order valence-electron chi connectivity index (χ0n) is 10.4. The molecular formula is C11H18BrN3O2. The number of rotatable bonds is 6. The first-order valence-corrected chi connectivity index (χ1v) is 6.40. The standard InChI is InChI=1S/C11H18BrN3O2/c1-4-5-15-11(16)10(12)9(6-13-15)14-8(2)7-17-3/h6,8,14H,4-5,7H2,1-3H3. The van der Waals surface area contributed by atoms with Gasteiger partial charge in [0.2, 0.25) is 0 Å². The van der Waals surface area contributed by atoms with E-state index in [1.807, 2.05) is 13.8 Å². The molecule has 1 aromatic rings. The van der Waals surface area contributed by atoms with Crippen LogP contribution in [0.25, 0.3) is 0 Å². The fourth-order valence-corrected chi connectivity index (χ4v) is 1.92. The molecule has 0 radical (unpaired) electrons. The fourth-order valence-electron chi connectivity index (χ4n) is 1.49. The molecule has 1 aromatic heterocycles. The van der Waals surface area contributed by atoms with Crippen molar-refractivity contribution in [3.63, 3.8) is 0 Å². The second-order valence-corrected chi connectivity index (χ2v) is 4.69. The summed E-state index contributed by atoms with van der Waals surface area (Å²) in [6.07, 6.45) is 2.54. The summed E-state index contributed by atoms with van der Waals surface area (Å²) >= 11 is 3.30. The maximum absolute atomic E-state index is 11.9. The third-order valence-electron chi connectivity index (χ3n) is 2.24. The molecule has 0 saturated heterocycles. The predicted molar refractivity (Wildman–Crippen MR) is 71.4 cm³/mol. The highest BCUT2D eigenvalue weighted by Gasteiger charge is 2.10. The molecule has 17 heavy (non-hydrogen) atoms. The first-order chi connectivity index (χ1) is 8.10. The van der Waals surface area contributed by atoms with Crippen molar-refractivity contribution in [3.8, 4) is 0 Å². The van der Waals surface area contributed by atoms with E-state index in [2.05, 4.69) is 26.3 Å². The van der Waals surface area contributed by atoms with Crippen LogP contribution in [-0.2, 0) is 11.3 Å². The third kappa shape index (κ3) is 3.81. The first kappa shape index (κ1) is 14.2. The maximum atomic E-state index is 11.9. The minimum Gasteiger partial charge on any atom is -0.383 e. The van der Waals surface area contributed by atoms with Crippen LogP contribution < -0.4 is 10.9 Å². The molecular weight excluding hydrogens is 286 g/mol. The summed E-state index contributed by atoms with van der Waals surface area (Å²) < 4.78 is 7.00. The van der Waals surface area contributed by atoms with Crippen molar-refractivity contribution in [1.82, 2.24) is 9.78 Å². The predicted octanol–water partition coefficient (Wildman–Crippen LogP) is 1.86. The van der Waals surface area contributed by atoms with E-state index in [4.69, 9.17) is 4.74 Å². The van der Waals surface area contributed by atoms with E-state index in [0.29, 0.717) is 23.3 Å². The average Bonchev–Trinajstić information content (AvgIpc) is 2.29. The number of hydrogen-bond acceptors (Lipinski definition) is 4. The van der Waals surface area contributed by atoms with Crippen molar-refractivity contribution in [1.29, 1.82) is 0 Å². The monoisotopic (exact) mass is 303 g/mol. The topological polar surface area (TPSA) is 56.1 Å².